The number of hydrogen-bond acceptors (Lipinski definition) is 3. The number of nitrogens with one attached hydrogen (secondary N) is 3. The molecule has 1 aromatic carbocycles. The molecule has 0 spiro atoms. The van der Waals surface area contributed by atoms with E-state index in [1.165, 1.54) is 0 Å². The van der Waals surface area contributed by atoms with Crippen molar-refractivity contribution < 1.29 is 9.21 Å². The Bertz CT molecular complexity index is 664. The lowest BCUT2D eigenvalue weighted by molar-refractivity contribution is 0.235. The molecule has 0 aliphatic rings. The van der Waals surface area contributed by atoms with Crippen molar-refractivity contribution in [2.75, 3.05) is 6.54 Å². The summed E-state index contributed by atoms with van der Waals surface area (Å²) < 4.78 is 4.97. The summed E-state index contributed by atoms with van der Waals surface area (Å²) in [4.78, 5) is 25.2. The molecule has 0 unspecified atom stereocenters. The van der Waals surface area contributed by atoms with Crippen LogP contribution in [0.1, 0.15) is 26.3 Å². The highest BCUT2D eigenvalue weighted by Crippen LogP contribution is 2.12. The van der Waals surface area contributed by atoms with Gasteiger partial charge in [0.2, 0.25) is 0 Å². The average Bonchev–Trinajstić information content (AvgIpc) is 2.72. The Morgan fingerprint density at radius 2 is 2.05 bits per heavy atom. The predicted octanol–water partition coefficient (Wildman–Crippen LogP) is 1.97. The summed E-state index contributed by atoms with van der Waals surface area (Å²) in [5.41, 5.74) is 2.05. The van der Waals surface area contributed by atoms with Crippen LogP contribution in [0.3, 0.4) is 0 Å². The largest absolute Gasteiger partial charge is 0.417 e. The fraction of sp³-hybridized carbons (Fsp3) is 0.429. The number of hydrogen-bond donors (Lipinski definition) is 3. The zero-order valence-electron chi connectivity index (χ0n) is 11.9. The van der Waals surface area contributed by atoms with Crippen LogP contribution in [0.25, 0.3) is 11.1 Å². The Morgan fingerprint density at radius 1 is 1.30 bits per heavy atom. The molecule has 6 nitrogen and oxygen atoms in total. The fourth-order valence-corrected chi connectivity index (χ4v) is 1.69. The van der Waals surface area contributed by atoms with Gasteiger partial charge in [-0.25, -0.2) is 9.59 Å². The highest BCUT2D eigenvalue weighted by molar-refractivity contribution is 5.75. The van der Waals surface area contributed by atoms with Gasteiger partial charge >= 0.3 is 11.8 Å². The lowest BCUT2D eigenvalue weighted by atomic mass is 9.97. The Morgan fingerprint density at radius 3 is 2.75 bits per heavy atom. The zero-order chi connectivity index (χ0) is 14.8. The molecule has 6 heteroatoms. The first-order valence-electron chi connectivity index (χ1n) is 6.47. The molecule has 0 fully saturated rings. The van der Waals surface area contributed by atoms with Gasteiger partial charge in [-0.15, -0.1) is 0 Å². The van der Waals surface area contributed by atoms with E-state index in [9.17, 15) is 9.59 Å². The van der Waals surface area contributed by atoms with Crippen LogP contribution >= 0.6 is 0 Å². The SMILES string of the molecule is CC(C)(C)CNC(=O)NCc1ccc2[nH]c(=O)oc2c1. The number of carbonyl (C=O) groups excluding carboxylic acids is 1. The van der Waals surface area contributed by atoms with Crippen molar-refractivity contribution in [3.8, 4) is 0 Å². The van der Waals surface area contributed by atoms with Crippen molar-refractivity contribution in [3.05, 3.63) is 34.3 Å². The number of benzene rings is 1. The van der Waals surface area contributed by atoms with Crippen LogP contribution in [0.2, 0.25) is 0 Å². The topological polar surface area (TPSA) is 87.1 Å². The highest BCUT2D eigenvalue weighted by atomic mass is 16.4. The molecule has 0 aliphatic carbocycles. The van der Waals surface area contributed by atoms with Crippen molar-refractivity contribution in [2.24, 2.45) is 5.41 Å². The van der Waals surface area contributed by atoms with E-state index in [1.54, 1.807) is 12.1 Å². The van der Waals surface area contributed by atoms with E-state index in [0.717, 1.165) is 5.56 Å². The molecule has 0 saturated carbocycles. The van der Waals surface area contributed by atoms with E-state index < -0.39 is 5.76 Å². The van der Waals surface area contributed by atoms with Crippen LogP contribution in [0, 0.1) is 5.41 Å². The lowest BCUT2D eigenvalue weighted by Crippen LogP contribution is -2.39. The minimum absolute atomic E-state index is 0.0464. The Labute approximate surface area is 116 Å². The van der Waals surface area contributed by atoms with Crippen LogP contribution in [0.15, 0.2) is 27.4 Å². The summed E-state index contributed by atoms with van der Waals surface area (Å²) >= 11 is 0. The summed E-state index contributed by atoms with van der Waals surface area (Å²) in [5.74, 6) is -0.479. The van der Waals surface area contributed by atoms with Gasteiger partial charge in [-0.1, -0.05) is 26.8 Å². The summed E-state index contributed by atoms with van der Waals surface area (Å²) in [7, 11) is 0. The first-order valence-corrected chi connectivity index (χ1v) is 6.47. The van der Waals surface area contributed by atoms with E-state index in [0.29, 0.717) is 24.2 Å². The monoisotopic (exact) mass is 277 g/mol. The van der Waals surface area contributed by atoms with Crippen molar-refractivity contribution in [1.82, 2.24) is 15.6 Å². The predicted molar refractivity (Wildman–Crippen MR) is 76.5 cm³/mol. The number of urea groups is 1. The normalized spacial score (nSPS) is 11.6. The number of carbonyl (C=O) groups is 1. The standard InChI is InChI=1S/C14H19N3O3/c1-14(2,3)8-16-12(18)15-7-9-4-5-10-11(6-9)20-13(19)17-10/h4-6H,7-8H2,1-3H3,(H,17,19)(H2,15,16,18). The maximum atomic E-state index is 11.6. The van der Waals surface area contributed by atoms with Gasteiger partial charge in [0.1, 0.15) is 0 Å². The summed E-state index contributed by atoms with van der Waals surface area (Å²) in [6.45, 7) is 7.13. The van der Waals surface area contributed by atoms with Crippen molar-refractivity contribution >= 4 is 17.1 Å². The number of fused-ring (bicyclic) bond motifs is 1. The number of aromatic nitrogens is 1. The number of rotatable bonds is 3. The molecule has 2 aromatic rings. The molecule has 0 aliphatic heterocycles. The number of amides is 2. The molecule has 1 heterocycles. The van der Waals surface area contributed by atoms with E-state index in [1.807, 2.05) is 6.07 Å². The van der Waals surface area contributed by atoms with Gasteiger partial charge < -0.3 is 15.1 Å². The summed E-state index contributed by atoms with van der Waals surface area (Å²) in [6.07, 6.45) is 0. The van der Waals surface area contributed by atoms with Gasteiger partial charge in [0.15, 0.2) is 5.58 Å². The van der Waals surface area contributed by atoms with Crippen LogP contribution in [0.5, 0.6) is 0 Å². The Kier molecular flexibility index (Phi) is 3.83. The second-order valence-corrected chi connectivity index (χ2v) is 5.94. The van der Waals surface area contributed by atoms with Crippen molar-refractivity contribution in [1.29, 1.82) is 0 Å². The molecule has 2 amide bonds. The molecule has 108 valence electrons. The van der Waals surface area contributed by atoms with E-state index in [-0.39, 0.29) is 11.4 Å². The first-order chi connectivity index (χ1) is 9.33. The van der Waals surface area contributed by atoms with Gasteiger partial charge in [-0.3, -0.25) is 4.98 Å². The minimum atomic E-state index is -0.479. The molecule has 1 aromatic heterocycles. The number of H-pyrrole nitrogens is 1. The molecule has 2 rings (SSSR count). The molecule has 3 N–H and O–H groups in total. The van der Waals surface area contributed by atoms with Crippen LogP contribution in [0.4, 0.5) is 4.79 Å². The molecule has 0 saturated heterocycles. The smallest absolute Gasteiger partial charge is 0.408 e. The number of aromatic amines is 1. The Hall–Kier alpha value is -2.24. The van der Waals surface area contributed by atoms with Gasteiger partial charge in [0, 0.05) is 13.1 Å². The fourth-order valence-electron chi connectivity index (χ4n) is 1.69. The van der Waals surface area contributed by atoms with Gasteiger partial charge in [0.25, 0.3) is 0 Å². The van der Waals surface area contributed by atoms with Crippen LogP contribution in [-0.2, 0) is 6.54 Å². The second kappa shape index (κ2) is 5.40. The molecular formula is C14H19N3O3. The van der Waals surface area contributed by atoms with E-state index >= 15 is 0 Å². The molecule has 0 bridgehead atoms. The van der Waals surface area contributed by atoms with E-state index in [4.69, 9.17) is 4.42 Å². The Balaban J connectivity index is 1.92. The average molecular weight is 277 g/mol. The summed E-state index contributed by atoms with van der Waals surface area (Å²) in [6, 6.07) is 5.11. The first kappa shape index (κ1) is 14.2. The third kappa shape index (κ3) is 3.88. The minimum Gasteiger partial charge on any atom is -0.408 e. The van der Waals surface area contributed by atoms with Crippen molar-refractivity contribution in [3.63, 3.8) is 0 Å². The lowest BCUT2D eigenvalue weighted by Gasteiger charge is -2.18. The second-order valence-electron chi connectivity index (χ2n) is 5.94. The molecule has 0 radical (unpaired) electrons. The molecule has 20 heavy (non-hydrogen) atoms. The van der Waals surface area contributed by atoms with Crippen LogP contribution in [-0.4, -0.2) is 17.6 Å². The quantitative estimate of drug-likeness (QED) is 0.801. The molecule has 0 atom stereocenters. The third-order valence-electron chi connectivity index (χ3n) is 2.72. The van der Waals surface area contributed by atoms with E-state index in [2.05, 4.69) is 36.4 Å². The third-order valence-corrected chi connectivity index (χ3v) is 2.72. The maximum absolute atomic E-state index is 11.6. The van der Waals surface area contributed by atoms with Crippen molar-refractivity contribution in [2.45, 2.75) is 27.3 Å². The van der Waals surface area contributed by atoms with Gasteiger partial charge in [0.05, 0.1) is 5.52 Å². The van der Waals surface area contributed by atoms with Crippen LogP contribution < -0.4 is 16.4 Å². The summed E-state index contributed by atoms with van der Waals surface area (Å²) in [5, 5.41) is 5.57. The number of oxazole rings is 1. The molecular weight excluding hydrogens is 258 g/mol. The van der Waals surface area contributed by atoms with Gasteiger partial charge in [-0.05, 0) is 23.1 Å². The van der Waals surface area contributed by atoms with Gasteiger partial charge in [-0.2, -0.15) is 0 Å². The highest BCUT2D eigenvalue weighted by Gasteiger charge is 2.11. The zero-order valence-corrected chi connectivity index (χ0v) is 11.9. The maximum Gasteiger partial charge on any atom is 0.417 e.